The number of aromatic nitrogens is 3. The molecule has 0 spiro atoms. The van der Waals surface area contributed by atoms with E-state index in [9.17, 15) is 4.79 Å². The summed E-state index contributed by atoms with van der Waals surface area (Å²) in [6.07, 6.45) is 6.65. The smallest absolute Gasteiger partial charge is 0.228 e. The zero-order valence-corrected chi connectivity index (χ0v) is 21.7. The Hall–Kier alpha value is -4.04. The predicted molar refractivity (Wildman–Crippen MR) is 149 cm³/mol. The van der Waals surface area contributed by atoms with Crippen LogP contribution in [0.15, 0.2) is 60.9 Å². The van der Waals surface area contributed by atoms with Crippen LogP contribution in [0.25, 0.3) is 22.0 Å². The van der Waals surface area contributed by atoms with E-state index in [0.717, 1.165) is 65.6 Å². The Morgan fingerprint density at radius 1 is 1.05 bits per heavy atom. The second-order valence-corrected chi connectivity index (χ2v) is 10.3. The highest BCUT2D eigenvalue weighted by Gasteiger charge is 2.39. The summed E-state index contributed by atoms with van der Waals surface area (Å²) in [5.41, 5.74) is 3.28. The Bertz CT molecular complexity index is 1480. The quantitative estimate of drug-likeness (QED) is 0.301. The number of nitrogens with zero attached hydrogens (tertiary/aromatic N) is 3. The fraction of sp³-hybridized carbons (Fsp3) is 0.333. The lowest BCUT2D eigenvalue weighted by molar-refractivity contribution is -0.117. The Balaban J connectivity index is 1.31. The monoisotopic (exact) mass is 508 g/mol. The number of benzene rings is 2. The minimum Gasteiger partial charge on any atom is -0.437 e. The number of nitrogens with one attached hydrogen (secondary N) is 3. The maximum atomic E-state index is 12.7. The number of pyridine rings is 1. The molecule has 2 aromatic heterocycles. The van der Waals surface area contributed by atoms with Crippen molar-refractivity contribution in [2.24, 2.45) is 11.8 Å². The van der Waals surface area contributed by atoms with Gasteiger partial charge < -0.3 is 20.7 Å². The van der Waals surface area contributed by atoms with E-state index in [1.807, 2.05) is 55.5 Å². The van der Waals surface area contributed by atoms with E-state index in [1.54, 1.807) is 12.4 Å². The van der Waals surface area contributed by atoms with Crippen LogP contribution in [0.1, 0.15) is 31.7 Å². The zero-order chi connectivity index (χ0) is 26.1. The topological polar surface area (TPSA) is 101 Å². The summed E-state index contributed by atoms with van der Waals surface area (Å²) >= 11 is 0. The van der Waals surface area contributed by atoms with E-state index in [1.165, 1.54) is 0 Å². The lowest BCUT2D eigenvalue weighted by atomic mass is 10.0. The fourth-order valence-electron chi connectivity index (χ4n) is 5.10. The number of carbonyl (C=O) groups is 1. The summed E-state index contributed by atoms with van der Waals surface area (Å²) in [6.45, 7) is 6.07. The number of amides is 1. The third kappa shape index (κ3) is 5.04. The number of rotatable bonds is 7. The number of ether oxygens (including phenoxy) is 1. The molecule has 194 valence electrons. The molecule has 1 saturated carbocycles. The van der Waals surface area contributed by atoms with E-state index in [2.05, 4.69) is 32.8 Å². The van der Waals surface area contributed by atoms with E-state index >= 15 is 0 Å². The van der Waals surface area contributed by atoms with Crippen LogP contribution < -0.4 is 20.7 Å². The molecular formula is C30H32N6O2. The molecule has 4 aromatic rings. The molecule has 6 rings (SSSR count). The number of aryl methyl sites for hydroxylation is 1. The largest absolute Gasteiger partial charge is 0.437 e. The molecule has 38 heavy (non-hydrogen) atoms. The average molecular weight is 509 g/mol. The summed E-state index contributed by atoms with van der Waals surface area (Å²) in [7, 11) is 0. The molecule has 1 unspecified atom stereocenters. The first kappa shape index (κ1) is 24.3. The van der Waals surface area contributed by atoms with Gasteiger partial charge in [0.2, 0.25) is 17.7 Å². The van der Waals surface area contributed by atoms with E-state index < -0.39 is 0 Å². The molecule has 2 aliphatic rings. The second kappa shape index (κ2) is 10.4. The molecule has 0 bridgehead atoms. The predicted octanol–water partition coefficient (Wildman–Crippen LogP) is 5.55. The first-order chi connectivity index (χ1) is 18.6. The molecule has 2 aromatic carbocycles. The molecule has 1 amide bonds. The van der Waals surface area contributed by atoms with Gasteiger partial charge in [0.1, 0.15) is 5.75 Å². The van der Waals surface area contributed by atoms with Crippen molar-refractivity contribution in [1.29, 1.82) is 0 Å². The van der Waals surface area contributed by atoms with Gasteiger partial charge in [0.15, 0.2) is 0 Å². The molecule has 1 aliphatic carbocycles. The Kier molecular flexibility index (Phi) is 6.64. The molecule has 3 heterocycles. The molecular weight excluding hydrogens is 476 g/mol. The van der Waals surface area contributed by atoms with Gasteiger partial charge in [0, 0.05) is 47.4 Å². The van der Waals surface area contributed by atoms with Gasteiger partial charge in [-0.05, 0) is 68.5 Å². The summed E-state index contributed by atoms with van der Waals surface area (Å²) in [5.74, 6) is 2.40. The molecule has 3 N–H and O–H groups in total. The molecule has 8 heteroatoms. The van der Waals surface area contributed by atoms with Crippen LogP contribution in [-0.2, 0) is 4.79 Å². The van der Waals surface area contributed by atoms with Crippen molar-refractivity contribution in [3.05, 3.63) is 66.5 Å². The van der Waals surface area contributed by atoms with Crippen molar-refractivity contribution >= 4 is 28.3 Å². The van der Waals surface area contributed by atoms with Crippen molar-refractivity contribution in [3.63, 3.8) is 0 Å². The Morgan fingerprint density at radius 3 is 2.76 bits per heavy atom. The zero-order valence-electron chi connectivity index (χ0n) is 21.7. The summed E-state index contributed by atoms with van der Waals surface area (Å²) in [4.78, 5) is 26.4. The highest BCUT2D eigenvalue weighted by molar-refractivity contribution is 6.05. The van der Waals surface area contributed by atoms with Crippen molar-refractivity contribution in [1.82, 2.24) is 20.3 Å². The molecule has 0 radical (unpaired) electrons. The van der Waals surface area contributed by atoms with Crippen LogP contribution in [0.5, 0.6) is 11.6 Å². The fourth-order valence-corrected chi connectivity index (χ4v) is 5.10. The average Bonchev–Trinajstić information content (AvgIpc) is 3.68. The van der Waals surface area contributed by atoms with E-state index in [4.69, 9.17) is 9.72 Å². The van der Waals surface area contributed by atoms with E-state index in [0.29, 0.717) is 29.5 Å². The summed E-state index contributed by atoms with van der Waals surface area (Å²) in [6, 6.07) is 16.0. The number of piperidine rings is 1. The Labute approximate surface area is 222 Å². The lowest BCUT2D eigenvalue weighted by Gasteiger charge is -2.23. The molecule has 2 fully saturated rings. The van der Waals surface area contributed by atoms with E-state index in [-0.39, 0.29) is 11.8 Å². The van der Waals surface area contributed by atoms with Gasteiger partial charge in [-0.1, -0.05) is 31.2 Å². The number of hydrogen-bond donors (Lipinski definition) is 3. The second-order valence-electron chi connectivity index (χ2n) is 10.3. The van der Waals surface area contributed by atoms with Crippen LogP contribution in [0.2, 0.25) is 0 Å². The Morgan fingerprint density at radius 2 is 1.95 bits per heavy atom. The normalized spacial score (nSPS) is 20.6. The van der Waals surface area contributed by atoms with Gasteiger partial charge in [-0.3, -0.25) is 4.79 Å². The third-order valence-electron chi connectivity index (χ3n) is 7.44. The third-order valence-corrected chi connectivity index (χ3v) is 7.44. The molecule has 1 aliphatic heterocycles. The molecule has 8 nitrogen and oxygen atoms in total. The lowest BCUT2D eigenvalue weighted by Crippen LogP contribution is -2.38. The van der Waals surface area contributed by atoms with Crippen LogP contribution in [-0.4, -0.2) is 40.0 Å². The molecule has 3 atom stereocenters. The van der Waals surface area contributed by atoms with Crippen LogP contribution in [0, 0.1) is 18.8 Å². The summed E-state index contributed by atoms with van der Waals surface area (Å²) < 4.78 is 6.52. The van der Waals surface area contributed by atoms with Gasteiger partial charge in [-0.15, -0.1) is 0 Å². The number of carbonyl (C=O) groups excluding carboxylic acids is 1. The van der Waals surface area contributed by atoms with Gasteiger partial charge in [0.05, 0.1) is 11.3 Å². The van der Waals surface area contributed by atoms with Crippen molar-refractivity contribution in [2.45, 2.75) is 39.2 Å². The van der Waals surface area contributed by atoms with Crippen LogP contribution >= 0.6 is 0 Å². The SMILES string of the molecule is Cc1ccc2c(NC(=O)[C@H]3C[C@@H]3C)cccc2c1Oc1ncccc1-c1ccnc(NC2CCCNC2)n1. The highest BCUT2D eigenvalue weighted by atomic mass is 16.5. The maximum absolute atomic E-state index is 12.7. The number of anilines is 2. The maximum Gasteiger partial charge on any atom is 0.228 e. The van der Waals surface area contributed by atoms with Crippen LogP contribution in [0.3, 0.4) is 0 Å². The van der Waals surface area contributed by atoms with Gasteiger partial charge >= 0.3 is 0 Å². The first-order valence-electron chi connectivity index (χ1n) is 13.3. The minimum absolute atomic E-state index is 0.0808. The molecule has 1 saturated heterocycles. The number of hydrogen-bond acceptors (Lipinski definition) is 7. The van der Waals surface area contributed by atoms with Crippen LogP contribution in [0.4, 0.5) is 11.6 Å². The number of fused-ring (bicyclic) bond motifs is 1. The first-order valence-corrected chi connectivity index (χ1v) is 13.3. The highest BCUT2D eigenvalue weighted by Crippen LogP contribution is 2.41. The minimum atomic E-state index is 0.0808. The van der Waals surface area contributed by atoms with Gasteiger partial charge in [-0.25, -0.2) is 15.0 Å². The van der Waals surface area contributed by atoms with Gasteiger partial charge in [-0.2, -0.15) is 0 Å². The van der Waals surface area contributed by atoms with Gasteiger partial charge in [0.25, 0.3) is 0 Å². The summed E-state index contributed by atoms with van der Waals surface area (Å²) in [5, 5.41) is 11.8. The standard InChI is InChI=1S/C30H32N6O2/c1-18-10-11-21-22(7-3-9-25(21)35-28(37)24-16-19(24)2)27(18)38-29-23(8-5-14-32-29)26-12-15-33-30(36-26)34-20-6-4-13-31-17-20/h3,5,7-12,14-15,19-20,24,31H,4,6,13,16-17H2,1-2H3,(H,35,37)(H,33,34,36)/t19-,20?,24-/m0/s1. The van der Waals surface area contributed by atoms with Crippen molar-refractivity contribution in [2.75, 3.05) is 23.7 Å². The van der Waals surface area contributed by atoms with Crippen molar-refractivity contribution in [3.8, 4) is 22.9 Å². The van der Waals surface area contributed by atoms with Crippen molar-refractivity contribution < 1.29 is 9.53 Å².